The van der Waals surface area contributed by atoms with Gasteiger partial charge in [-0.2, -0.15) is 0 Å². The Morgan fingerprint density at radius 3 is 1.92 bits per heavy atom. The summed E-state index contributed by atoms with van der Waals surface area (Å²) < 4.78 is 0. The SMILES string of the molecule is CC1=C(c2ccccc2)C(=O)C(O)(O)C(C)(C)C1c1ccccc1. The van der Waals surface area contributed by atoms with Gasteiger partial charge in [0.05, 0.1) is 0 Å². The van der Waals surface area contributed by atoms with Crippen molar-refractivity contribution < 1.29 is 15.0 Å². The molecule has 0 saturated heterocycles. The van der Waals surface area contributed by atoms with Crippen molar-refractivity contribution in [3.63, 3.8) is 0 Å². The van der Waals surface area contributed by atoms with E-state index < -0.39 is 17.0 Å². The summed E-state index contributed by atoms with van der Waals surface area (Å²) >= 11 is 0. The summed E-state index contributed by atoms with van der Waals surface area (Å²) in [5, 5.41) is 21.4. The van der Waals surface area contributed by atoms with E-state index in [-0.39, 0.29) is 5.92 Å². The van der Waals surface area contributed by atoms with E-state index >= 15 is 0 Å². The molecule has 0 heterocycles. The van der Waals surface area contributed by atoms with Gasteiger partial charge in [0.25, 0.3) is 0 Å². The number of Topliss-reactive ketones (excluding diaryl/α,β-unsaturated/α-hetero) is 1. The predicted molar refractivity (Wildman–Crippen MR) is 94.2 cm³/mol. The molecule has 124 valence electrons. The van der Waals surface area contributed by atoms with E-state index in [1.807, 2.05) is 67.6 Å². The van der Waals surface area contributed by atoms with Crippen LogP contribution < -0.4 is 0 Å². The van der Waals surface area contributed by atoms with E-state index in [2.05, 4.69) is 0 Å². The second kappa shape index (κ2) is 5.69. The summed E-state index contributed by atoms with van der Waals surface area (Å²) in [5.41, 5.74) is 1.89. The maximum Gasteiger partial charge on any atom is 0.234 e. The summed E-state index contributed by atoms with van der Waals surface area (Å²) in [6.07, 6.45) is 0. The lowest BCUT2D eigenvalue weighted by atomic mass is 9.59. The first kappa shape index (κ1) is 16.6. The van der Waals surface area contributed by atoms with Gasteiger partial charge in [-0.05, 0) is 18.1 Å². The van der Waals surface area contributed by atoms with Crippen molar-refractivity contribution >= 4 is 11.4 Å². The molecule has 0 saturated carbocycles. The molecule has 1 atom stereocenters. The number of rotatable bonds is 2. The van der Waals surface area contributed by atoms with Gasteiger partial charge in [-0.1, -0.05) is 80.1 Å². The number of benzene rings is 2. The standard InChI is InChI=1S/C21H22O3/c1-14-17(15-10-6-4-7-11-15)19(22)21(23,24)20(2,3)18(14)16-12-8-5-9-13-16/h4-13,18,23-24H,1-3H3. The highest BCUT2D eigenvalue weighted by molar-refractivity contribution is 6.26. The molecule has 0 aromatic heterocycles. The average molecular weight is 322 g/mol. The van der Waals surface area contributed by atoms with Gasteiger partial charge >= 0.3 is 0 Å². The molecule has 2 N–H and O–H groups in total. The third kappa shape index (κ3) is 2.32. The van der Waals surface area contributed by atoms with Gasteiger partial charge in [0, 0.05) is 16.9 Å². The predicted octanol–water partition coefficient (Wildman–Crippen LogP) is 3.53. The highest BCUT2D eigenvalue weighted by Gasteiger charge is 2.58. The maximum absolute atomic E-state index is 12.9. The number of carbonyl (C=O) groups is 1. The van der Waals surface area contributed by atoms with E-state index in [4.69, 9.17) is 0 Å². The van der Waals surface area contributed by atoms with Crippen molar-refractivity contribution in [3.8, 4) is 0 Å². The van der Waals surface area contributed by atoms with Gasteiger partial charge in [-0.25, -0.2) is 0 Å². The molecular formula is C21H22O3. The van der Waals surface area contributed by atoms with E-state index in [1.54, 1.807) is 13.8 Å². The molecule has 2 aromatic carbocycles. The van der Waals surface area contributed by atoms with E-state index in [1.165, 1.54) is 0 Å². The number of ketones is 1. The Kier molecular flexibility index (Phi) is 3.94. The first-order valence-electron chi connectivity index (χ1n) is 8.09. The van der Waals surface area contributed by atoms with Crippen LogP contribution in [0.25, 0.3) is 5.57 Å². The minimum absolute atomic E-state index is 0.276. The van der Waals surface area contributed by atoms with Crippen LogP contribution in [-0.2, 0) is 4.79 Å². The Balaban J connectivity index is 2.30. The molecule has 0 bridgehead atoms. The zero-order chi connectivity index (χ0) is 17.5. The molecule has 1 aliphatic carbocycles. The summed E-state index contributed by atoms with van der Waals surface area (Å²) in [6.45, 7) is 5.37. The molecule has 0 spiro atoms. The Morgan fingerprint density at radius 2 is 1.38 bits per heavy atom. The summed E-state index contributed by atoms with van der Waals surface area (Å²) in [5.74, 6) is -3.34. The van der Waals surface area contributed by atoms with Crippen LogP contribution in [0.5, 0.6) is 0 Å². The molecule has 0 amide bonds. The molecule has 1 aliphatic rings. The third-order valence-electron chi connectivity index (χ3n) is 5.19. The van der Waals surface area contributed by atoms with Crippen LogP contribution in [0.1, 0.15) is 37.8 Å². The lowest BCUT2D eigenvalue weighted by Crippen LogP contribution is -2.57. The fourth-order valence-corrected chi connectivity index (χ4v) is 3.81. The Hall–Kier alpha value is -2.23. The molecule has 3 heteroatoms. The first-order chi connectivity index (χ1) is 11.3. The van der Waals surface area contributed by atoms with Crippen LogP contribution in [-0.4, -0.2) is 21.8 Å². The second-order valence-electron chi connectivity index (χ2n) is 6.99. The number of carbonyl (C=O) groups excluding carboxylic acids is 1. The van der Waals surface area contributed by atoms with Crippen LogP contribution in [0.4, 0.5) is 0 Å². The van der Waals surface area contributed by atoms with Crippen LogP contribution in [0.15, 0.2) is 66.2 Å². The van der Waals surface area contributed by atoms with Crippen molar-refractivity contribution in [2.24, 2.45) is 5.41 Å². The topological polar surface area (TPSA) is 57.5 Å². The van der Waals surface area contributed by atoms with Gasteiger partial charge in [-0.3, -0.25) is 4.79 Å². The maximum atomic E-state index is 12.9. The van der Waals surface area contributed by atoms with Crippen molar-refractivity contribution in [2.45, 2.75) is 32.5 Å². The monoisotopic (exact) mass is 322 g/mol. The fourth-order valence-electron chi connectivity index (χ4n) is 3.81. The average Bonchev–Trinajstić information content (AvgIpc) is 2.55. The van der Waals surface area contributed by atoms with Gasteiger partial charge in [0.2, 0.25) is 11.6 Å². The van der Waals surface area contributed by atoms with Gasteiger partial charge in [-0.15, -0.1) is 0 Å². The lowest BCUT2D eigenvalue weighted by molar-refractivity contribution is -0.225. The van der Waals surface area contributed by atoms with Crippen LogP contribution in [0, 0.1) is 5.41 Å². The largest absolute Gasteiger partial charge is 0.359 e. The third-order valence-corrected chi connectivity index (χ3v) is 5.19. The first-order valence-corrected chi connectivity index (χ1v) is 8.09. The van der Waals surface area contributed by atoms with Crippen molar-refractivity contribution in [3.05, 3.63) is 77.4 Å². The van der Waals surface area contributed by atoms with Gasteiger partial charge < -0.3 is 10.2 Å². The quantitative estimate of drug-likeness (QED) is 0.832. The molecule has 3 rings (SSSR count). The van der Waals surface area contributed by atoms with E-state index in [0.29, 0.717) is 11.1 Å². The molecule has 3 nitrogen and oxygen atoms in total. The Labute approximate surface area is 142 Å². The number of hydrogen-bond donors (Lipinski definition) is 2. The molecule has 24 heavy (non-hydrogen) atoms. The molecular weight excluding hydrogens is 300 g/mol. The number of hydrogen-bond acceptors (Lipinski definition) is 3. The van der Waals surface area contributed by atoms with Crippen molar-refractivity contribution in [1.29, 1.82) is 0 Å². The molecule has 2 aromatic rings. The highest BCUT2D eigenvalue weighted by Crippen LogP contribution is 2.53. The van der Waals surface area contributed by atoms with Crippen LogP contribution >= 0.6 is 0 Å². The smallest absolute Gasteiger partial charge is 0.234 e. The highest BCUT2D eigenvalue weighted by atomic mass is 16.5. The Bertz CT molecular complexity index is 786. The molecule has 0 fully saturated rings. The molecule has 1 unspecified atom stereocenters. The number of allylic oxidation sites excluding steroid dienone is 1. The van der Waals surface area contributed by atoms with Gasteiger partial charge in [0.15, 0.2) is 0 Å². The van der Waals surface area contributed by atoms with Gasteiger partial charge in [0.1, 0.15) is 0 Å². The minimum Gasteiger partial charge on any atom is -0.359 e. The zero-order valence-electron chi connectivity index (χ0n) is 14.2. The summed E-state index contributed by atoms with van der Waals surface area (Å²) in [6, 6.07) is 18.9. The molecule has 0 radical (unpaired) electrons. The normalized spacial score (nSPS) is 22.5. The van der Waals surface area contributed by atoms with Crippen LogP contribution in [0.3, 0.4) is 0 Å². The second-order valence-corrected chi connectivity index (χ2v) is 6.99. The lowest BCUT2D eigenvalue weighted by Gasteiger charge is -2.48. The van der Waals surface area contributed by atoms with E-state index in [9.17, 15) is 15.0 Å². The van der Waals surface area contributed by atoms with Crippen molar-refractivity contribution in [2.75, 3.05) is 0 Å². The zero-order valence-corrected chi connectivity index (χ0v) is 14.2. The molecule has 0 aliphatic heterocycles. The van der Waals surface area contributed by atoms with E-state index in [0.717, 1.165) is 11.1 Å². The summed E-state index contributed by atoms with van der Waals surface area (Å²) in [7, 11) is 0. The van der Waals surface area contributed by atoms with Crippen molar-refractivity contribution in [1.82, 2.24) is 0 Å². The minimum atomic E-state index is -2.43. The summed E-state index contributed by atoms with van der Waals surface area (Å²) in [4.78, 5) is 12.9. The number of aliphatic hydroxyl groups is 2. The Morgan fingerprint density at radius 1 is 0.875 bits per heavy atom. The fraction of sp³-hybridized carbons (Fsp3) is 0.286. The van der Waals surface area contributed by atoms with Crippen LogP contribution in [0.2, 0.25) is 0 Å².